The second kappa shape index (κ2) is 8.16. The number of nitrogens with zero attached hydrogens (tertiary/aromatic N) is 1. The van der Waals surface area contributed by atoms with Crippen molar-refractivity contribution in [2.75, 3.05) is 0 Å². The van der Waals surface area contributed by atoms with E-state index in [2.05, 4.69) is 15.8 Å². The van der Waals surface area contributed by atoms with Gasteiger partial charge >= 0.3 is 0 Å². The summed E-state index contributed by atoms with van der Waals surface area (Å²) < 4.78 is 0. The molecule has 110 valence electrons. The minimum absolute atomic E-state index is 0.410. The number of amides is 2. The van der Waals surface area contributed by atoms with E-state index in [-0.39, 0.29) is 0 Å². The van der Waals surface area contributed by atoms with Gasteiger partial charge in [-0.25, -0.2) is 0 Å². The van der Waals surface area contributed by atoms with Crippen LogP contribution in [0, 0.1) is 0 Å². The van der Waals surface area contributed by atoms with Gasteiger partial charge in [0.2, 0.25) is 0 Å². The van der Waals surface area contributed by atoms with Crippen LogP contribution < -0.4 is 10.9 Å². The van der Waals surface area contributed by atoms with E-state index in [1.807, 2.05) is 36.4 Å². The van der Waals surface area contributed by atoms with Crippen LogP contribution in [0.4, 0.5) is 0 Å². The van der Waals surface area contributed by atoms with Gasteiger partial charge in [0.15, 0.2) is 0 Å². The Labute approximate surface area is 128 Å². The molecule has 2 rings (SSSR count). The third kappa shape index (κ3) is 5.42. The van der Waals surface area contributed by atoms with Crippen molar-refractivity contribution in [2.45, 2.75) is 0 Å². The molecule has 5 heteroatoms. The number of benzene rings is 1. The van der Waals surface area contributed by atoms with E-state index in [1.54, 1.807) is 30.6 Å². The van der Waals surface area contributed by atoms with E-state index in [4.69, 9.17) is 0 Å². The number of aromatic nitrogens is 1. The summed E-state index contributed by atoms with van der Waals surface area (Å²) in [5.74, 6) is -0.836. The van der Waals surface area contributed by atoms with Gasteiger partial charge in [-0.05, 0) is 29.3 Å². The molecule has 0 bridgehead atoms. The Bertz CT molecular complexity index is 618. The van der Waals surface area contributed by atoms with Crippen LogP contribution in [0.5, 0.6) is 0 Å². The monoisotopic (exact) mass is 293 g/mol. The fourth-order valence-electron chi connectivity index (χ4n) is 1.59. The quantitative estimate of drug-likeness (QED) is 0.668. The van der Waals surface area contributed by atoms with Crippen LogP contribution in [-0.4, -0.2) is 16.8 Å². The maximum atomic E-state index is 11.5. The smallest absolute Gasteiger partial charge is 0.262 e. The minimum atomic E-state index is -0.426. The Balaban J connectivity index is 1.77. The minimum Gasteiger partial charge on any atom is -0.268 e. The van der Waals surface area contributed by atoms with E-state index in [1.165, 1.54) is 12.2 Å². The van der Waals surface area contributed by atoms with Gasteiger partial charge in [0, 0.05) is 24.5 Å². The zero-order valence-electron chi connectivity index (χ0n) is 11.8. The molecule has 0 saturated heterocycles. The van der Waals surface area contributed by atoms with Crippen molar-refractivity contribution in [1.29, 1.82) is 0 Å². The lowest BCUT2D eigenvalue weighted by Crippen LogP contribution is -2.39. The van der Waals surface area contributed by atoms with Gasteiger partial charge in [0.1, 0.15) is 0 Å². The third-order valence-electron chi connectivity index (χ3n) is 2.65. The zero-order chi connectivity index (χ0) is 15.6. The number of rotatable bonds is 4. The highest BCUT2D eigenvalue weighted by molar-refractivity contribution is 5.96. The lowest BCUT2D eigenvalue weighted by molar-refractivity contribution is -0.123. The average Bonchev–Trinajstić information content (AvgIpc) is 2.58. The second-order valence-electron chi connectivity index (χ2n) is 4.34. The van der Waals surface area contributed by atoms with Crippen LogP contribution in [0.3, 0.4) is 0 Å². The fraction of sp³-hybridized carbons (Fsp3) is 0. The van der Waals surface area contributed by atoms with Crippen LogP contribution >= 0.6 is 0 Å². The SMILES string of the molecule is O=C(C=Cc1ccccc1)NNC(=O)/C=C/c1cccnc1. The van der Waals surface area contributed by atoms with Gasteiger partial charge in [-0.15, -0.1) is 0 Å². The van der Waals surface area contributed by atoms with E-state index in [9.17, 15) is 9.59 Å². The summed E-state index contributed by atoms with van der Waals surface area (Å²) in [4.78, 5) is 27.0. The first-order chi connectivity index (χ1) is 10.7. The Morgan fingerprint density at radius 3 is 2.00 bits per heavy atom. The van der Waals surface area contributed by atoms with Crippen molar-refractivity contribution >= 4 is 24.0 Å². The number of hydrazine groups is 1. The summed E-state index contributed by atoms with van der Waals surface area (Å²) in [5.41, 5.74) is 6.29. The summed E-state index contributed by atoms with van der Waals surface area (Å²) in [5, 5.41) is 0. The van der Waals surface area contributed by atoms with Gasteiger partial charge in [-0.3, -0.25) is 25.4 Å². The number of hydrogen-bond acceptors (Lipinski definition) is 3. The highest BCUT2D eigenvalue weighted by Gasteiger charge is 1.98. The molecule has 1 aromatic carbocycles. The molecule has 0 aliphatic carbocycles. The van der Waals surface area contributed by atoms with E-state index in [0.717, 1.165) is 11.1 Å². The summed E-state index contributed by atoms with van der Waals surface area (Å²) >= 11 is 0. The molecule has 0 aliphatic heterocycles. The second-order valence-corrected chi connectivity index (χ2v) is 4.34. The first-order valence-electron chi connectivity index (χ1n) is 6.65. The Morgan fingerprint density at radius 1 is 0.818 bits per heavy atom. The van der Waals surface area contributed by atoms with Gasteiger partial charge < -0.3 is 0 Å². The molecule has 0 saturated carbocycles. The Morgan fingerprint density at radius 2 is 1.41 bits per heavy atom. The van der Waals surface area contributed by atoms with E-state index in [0.29, 0.717) is 0 Å². The predicted molar refractivity (Wildman–Crippen MR) is 85.0 cm³/mol. The summed E-state index contributed by atoms with van der Waals surface area (Å²) in [6.07, 6.45) is 9.21. The number of pyridine rings is 1. The molecule has 0 unspecified atom stereocenters. The molecule has 1 aromatic heterocycles. The molecule has 2 aromatic rings. The van der Waals surface area contributed by atoms with Crippen molar-refractivity contribution in [2.24, 2.45) is 0 Å². The van der Waals surface area contributed by atoms with Crippen LogP contribution in [0.25, 0.3) is 12.2 Å². The Kier molecular flexibility index (Phi) is 5.63. The molecule has 0 fully saturated rings. The van der Waals surface area contributed by atoms with Gasteiger partial charge in [0.05, 0.1) is 0 Å². The lowest BCUT2D eigenvalue weighted by atomic mass is 10.2. The molecule has 5 nitrogen and oxygen atoms in total. The molecule has 2 N–H and O–H groups in total. The number of nitrogens with one attached hydrogen (secondary N) is 2. The number of carbonyl (C=O) groups excluding carboxylic acids is 2. The number of carbonyl (C=O) groups is 2. The maximum Gasteiger partial charge on any atom is 0.262 e. The highest BCUT2D eigenvalue weighted by atomic mass is 16.2. The topological polar surface area (TPSA) is 71.1 Å². The first-order valence-corrected chi connectivity index (χ1v) is 6.65. The molecule has 0 radical (unpaired) electrons. The largest absolute Gasteiger partial charge is 0.268 e. The van der Waals surface area contributed by atoms with Crippen LogP contribution in [0.15, 0.2) is 67.0 Å². The van der Waals surface area contributed by atoms with Gasteiger partial charge in [-0.1, -0.05) is 36.4 Å². The van der Waals surface area contributed by atoms with Gasteiger partial charge in [0.25, 0.3) is 11.8 Å². The summed E-state index contributed by atoms with van der Waals surface area (Å²) in [7, 11) is 0. The molecule has 0 aliphatic rings. The zero-order valence-corrected chi connectivity index (χ0v) is 11.8. The van der Waals surface area contributed by atoms with Crippen molar-refractivity contribution in [1.82, 2.24) is 15.8 Å². The van der Waals surface area contributed by atoms with Crippen LogP contribution in [0.2, 0.25) is 0 Å². The van der Waals surface area contributed by atoms with Crippen molar-refractivity contribution in [3.63, 3.8) is 0 Å². The molecular formula is C17H15N3O2. The maximum absolute atomic E-state index is 11.5. The standard InChI is InChI=1S/C17H15N3O2/c21-16(10-8-14-5-2-1-3-6-14)19-20-17(22)11-9-15-7-4-12-18-13-15/h1-13H,(H,19,21)(H,20,22)/b10-8?,11-9+. The first kappa shape index (κ1) is 15.2. The average molecular weight is 293 g/mol. The normalized spacial score (nSPS) is 10.7. The predicted octanol–water partition coefficient (Wildman–Crippen LogP) is 1.96. The van der Waals surface area contributed by atoms with Crippen molar-refractivity contribution in [3.8, 4) is 0 Å². The summed E-state index contributed by atoms with van der Waals surface area (Å²) in [6, 6.07) is 13.0. The molecule has 2 amide bonds. The highest BCUT2D eigenvalue weighted by Crippen LogP contribution is 2.00. The lowest BCUT2D eigenvalue weighted by Gasteiger charge is -2.01. The van der Waals surface area contributed by atoms with Crippen LogP contribution in [0.1, 0.15) is 11.1 Å². The summed E-state index contributed by atoms with van der Waals surface area (Å²) in [6.45, 7) is 0. The molecule has 0 atom stereocenters. The van der Waals surface area contributed by atoms with Crippen molar-refractivity contribution < 1.29 is 9.59 Å². The fourth-order valence-corrected chi connectivity index (χ4v) is 1.59. The molecule has 1 heterocycles. The van der Waals surface area contributed by atoms with E-state index >= 15 is 0 Å². The van der Waals surface area contributed by atoms with Crippen molar-refractivity contribution in [3.05, 3.63) is 78.1 Å². The van der Waals surface area contributed by atoms with Gasteiger partial charge in [-0.2, -0.15) is 0 Å². The van der Waals surface area contributed by atoms with Crippen LogP contribution in [-0.2, 0) is 9.59 Å². The third-order valence-corrected chi connectivity index (χ3v) is 2.65. The molecule has 0 spiro atoms. The number of hydrogen-bond donors (Lipinski definition) is 2. The Hall–Kier alpha value is -3.21. The van der Waals surface area contributed by atoms with E-state index < -0.39 is 11.8 Å². The molecule has 22 heavy (non-hydrogen) atoms. The molecular weight excluding hydrogens is 278 g/mol.